The molecule has 0 saturated heterocycles. The summed E-state index contributed by atoms with van der Waals surface area (Å²) in [6.45, 7) is 5.98. The van der Waals surface area contributed by atoms with Gasteiger partial charge in [-0.3, -0.25) is 4.98 Å². The van der Waals surface area contributed by atoms with Gasteiger partial charge in [0, 0.05) is 35.6 Å². The van der Waals surface area contributed by atoms with Crippen molar-refractivity contribution in [3.63, 3.8) is 0 Å². The summed E-state index contributed by atoms with van der Waals surface area (Å²) in [5.74, 6) is 0.426. The summed E-state index contributed by atoms with van der Waals surface area (Å²) < 4.78 is 25.8. The number of fused-ring (bicyclic) bond motifs is 1. The van der Waals surface area contributed by atoms with E-state index in [1.54, 1.807) is 25.4 Å². The Balaban J connectivity index is 1.68. The molecule has 0 spiro atoms. The van der Waals surface area contributed by atoms with E-state index in [0.29, 0.717) is 17.9 Å². The first-order valence-corrected chi connectivity index (χ1v) is 11.2. The molecule has 156 valence electrons. The first-order valence-electron chi connectivity index (χ1n) is 9.70. The number of rotatable bonds is 5. The molecule has 8 nitrogen and oxygen atoms in total. The van der Waals surface area contributed by atoms with Crippen LogP contribution in [0.4, 0.5) is 5.95 Å². The lowest BCUT2D eigenvalue weighted by molar-refractivity contribution is 0.603. The summed E-state index contributed by atoms with van der Waals surface area (Å²) in [6, 6.07) is 3.86. The molecule has 0 amide bonds. The third-order valence-corrected chi connectivity index (χ3v) is 6.24. The second-order valence-electron chi connectivity index (χ2n) is 7.65. The highest BCUT2D eigenvalue weighted by molar-refractivity contribution is 7.93. The third kappa shape index (κ3) is 3.86. The van der Waals surface area contributed by atoms with Crippen LogP contribution in [0.3, 0.4) is 0 Å². The van der Waals surface area contributed by atoms with Gasteiger partial charge in [-0.1, -0.05) is 6.08 Å². The average molecular weight is 425 g/mol. The molecule has 1 unspecified atom stereocenters. The standard InChI is InChI=1S/C21H24N6O2S/c1-13(2)27-12-17(16-6-8-23-11-19(16)27)18-7-9-24-21(26-18)25-15-5-4-14(3)20(10-15)30(22,28)29/h4,6-13,15H,5H2,1-3H3,(H2,22,28,29)(H,24,25,26). The molecule has 3 aromatic heterocycles. The first kappa shape index (κ1) is 20.2. The van der Waals surface area contributed by atoms with Crippen molar-refractivity contribution >= 4 is 26.9 Å². The molecule has 0 saturated carbocycles. The van der Waals surface area contributed by atoms with Crippen LogP contribution in [0.5, 0.6) is 0 Å². The number of hydrogen-bond acceptors (Lipinski definition) is 6. The molecular weight excluding hydrogens is 400 g/mol. The molecule has 1 aliphatic rings. The van der Waals surface area contributed by atoms with Gasteiger partial charge in [0.15, 0.2) is 0 Å². The van der Waals surface area contributed by atoms with Crippen molar-refractivity contribution in [2.45, 2.75) is 39.3 Å². The fraction of sp³-hybridized carbons (Fsp3) is 0.286. The van der Waals surface area contributed by atoms with Gasteiger partial charge in [-0.2, -0.15) is 0 Å². The smallest absolute Gasteiger partial charge is 0.238 e. The number of primary sulfonamides is 1. The Labute approximate surface area is 175 Å². The summed E-state index contributed by atoms with van der Waals surface area (Å²) in [5, 5.41) is 9.61. The van der Waals surface area contributed by atoms with Crippen molar-refractivity contribution in [2.75, 3.05) is 5.32 Å². The lowest BCUT2D eigenvalue weighted by atomic mass is 10.0. The van der Waals surface area contributed by atoms with E-state index in [1.807, 2.05) is 24.4 Å². The first-order chi connectivity index (χ1) is 14.2. The van der Waals surface area contributed by atoms with E-state index >= 15 is 0 Å². The number of nitrogens with zero attached hydrogens (tertiary/aromatic N) is 4. The summed E-state index contributed by atoms with van der Waals surface area (Å²) in [6.07, 6.45) is 11.5. The van der Waals surface area contributed by atoms with Crippen LogP contribution in [0.15, 0.2) is 59.6 Å². The molecule has 0 aliphatic heterocycles. The Morgan fingerprint density at radius 2 is 2.07 bits per heavy atom. The van der Waals surface area contributed by atoms with E-state index in [1.165, 1.54) is 0 Å². The Morgan fingerprint density at radius 1 is 1.27 bits per heavy atom. The van der Waals surface area contributed by atoms with Crippen LogP contribution < -0.4 is 10.5 Å². The van der Waals surface area contributed by atoms with Crippen LogP contribution in [-0.4, -0.2) is 34.0 Å². The highest BCUT2D eigenvalue weighted by Crippen LogP contribution is 2.31. The molecule has 0 aromatic carbocycles. The molecule has 9 heteroatoms. The van der Waals surface area contributed by atoms with Gasteiger partial charge in [0.25, 0.3) is 0 Å². The molecule has 4 rings (SSSR count). The van der Waals surface area contributed by atoms with Gasteiger partial charge in [-0.15, -0.1) is 0 Å². The van der Waals surface area contributed by atoms with Gasteiger partial charge in [-0.05, 0) is 51.0 Å². The van der Waals surface area contributed by atoms with Gasteiger partial charge in [0.1, 0.15) is 0 Å². The number of sulfonamides is 1. The van der Waals surface area contributed by atoms with Gasteiger partial charge < -0.3 is 9.88 Å². The van der Waals surface area contributed by atoms with Crippen molar-refractivity contribution in [3.05, 3.63) is 59.6 Å². The zero-order chi connectivity index (χ0) is 21.5. The minimum absolute atomic E-state index is 0.134. The molecule has 0 radical (unpaired) electrons. The maximum Gasteiger partial charge on any atom is 0.238 e. The van der Waals surface area contributed by atoms with Crippen LogP contribution in [-0.2, 0) is 10.0 Å². The average Bonchev–Trinajstić information content (AvgIpc) is 3.09. The Hall–Kier alpha value is -3.04. The van der Waals surface area contributed by atoms with E-state index < -0.39 is 10.0 Å². The lowest BCUT2D eigenvalue weighted by Gasteiger charge is -2.20. The Bertz CT molecular complexity index is 1270. The molecular formula is C21H24N6O2S. The number of allylic oxidation sites excluding steroid dienone is 1. The third-order valence-electron chi connectivity index (χ3n) is 5.16. The highest BCUT2D eigenvalue weighted by atomic mass is 32.2. The number of anilines is 1. The topological polar surface area (TPSA) is 116 Å². The molecule has 30 heavy (non-hydrogen) atoms. The Morgan fingerprint density at radius 3 is 2.80 bits per heavy atom. The van der Waals surface area contributed by atoms with Crippen molar-refractivity contribution in [1.82, 2.24) is 19.5 Å². The number of aromatic nitrogens is 4. The molecule has 1 aliphatic carbocycles. The SMILES string of the molecule is CC1=CCC(Nc2nccc(-c3cn(C(C)C)c4cnccc34)n2)C=C1S(N)(=O)=O. The number of nitrogens with two attached hydrogens (primary N) is 1. The van der Waals surface area contributed by atoms with Crippen LogP contribution in [0.1, 0.15) is 33.2 Å². The number of pyridine rings is 1. The minimum atomic E-state index is -3.78. The predicted octanol–water partition coefficient (Wildman–Crippen LogP) is 3.38. The molecule has 0 bridgehead atoms. The number of hydrogen-bond donors (Lipinski definition) is 2. The largest absolute Gasteiger partial charge is 0.348 e. The van der Waals surface area contributed by atoms with Crippen molar-refractivity contribution < 1.29 is 8.42 Å². The van der Waals surface area contributed by atoms with E-state index in [9.17, 15) is 8.42 Å². The van der Waals surface area contributed by atoms with Gasteiger partial charge >= 0.3 is 0 Å². The fourth-order valence-electron chi connectivity index (χ4n) is 3.68. The fourth-order valence-corrected chi connectivity index (χ4v) is 4.57. The highest BCUT2D eigenvalue weighted by Gasteiger charge is 2.21. The van der Waals surface area contributed by atoms with E-state index in [0.717, 1.165) is 22.2 Å². The van der Waals surface area contributed by atoms with Crippen LogP contribution in [0, 0.1) is 0 Å². The minimum Gasteiger partial charge on any atom is -0.348 e. The van der Waals surface area contributed by atoms with Crippen molar-refractivity contribution in [2.24, 2.45) is 5.14 Å². The van der Waals surface area contributed by atoms with E-state index in [-0.39, 0.29) is 17.0 Å². The molecule has 0 fully saturated rings. The normalized spacial score (nSPS) is 17.2. The lowest BCUT2D eigenvalue weighted by Crippen LogP contribution is -2.25. The van der Waals surface area contributed by atoms with Gasteiger partial charge in [0.05, 0.1) is 28.4 Å². The summed E-state index contributed by atoms with van der Waals surface area (Å²) >= 11 is 0. The zero-order valence-electron chi connectivity index (χ0n) is 17.1. The molecule has 3 heterocycles. The monoisotopic (exact) mass is 424 g/mol. The predicted molar refractivity (Wildman–Crippen MR) is 118 cm³/mol. The van der Waals surface area contributed by atoms with Crippen molar-refractivity contribution in [1.29, 1.82) is 0 Å². The van der Waals surface area contributed by atoms with Crippen LogP contribution in [0.25, 0.3) is 22.2 Å². The van der Waals surface area contributed by atoms with Gasteiger partial charge in [0.2, 0.25) is 16.0 Å². The maximum atomic E-state index is 11.8. The summed E-state index contributed by atoms with van der Waals surface area (Å²) in [4.78, 5) is 13.4. The maximum absolute atomic E-state index is 11.8. The van der Waals surface area contributed by atoms with Crippen LogP contribution >= 0.6 is 0 Å². The van der Waals surface area contributed by atoms with Crippen molar-refractivity contribution in [3.8, 4) is 11.3 Å². The van der Waals surface area contributed by atoms with Gasteiger partial charge in [-0.25, -0.2) is 23.5 Å². The number of nitrogens with one attached hydrogen (secondary N) is 1. The quantitative estimate of drug-likeness (QED) is 0.649. The van der Waals surface area contributed by atoms with Crippen LogP contribution in [0.2, 0.25) is 0 Å². The molecule has 3 N–H and O–H groups in total. The summed E-state index contributed by atoms with van der Waals surface area (Å²) in [7, 11) is -3.78. The van der Waals surface area contributed by atoms with E-state index in [4.69, 9.17) is 5.14 Å². The van der Waals surface area contributed by atoms with E-state index in [2.05, 4.69) is 44.9 Å². The Kier molecular flexibility index (Phi) is 5.17. The summed E-state index contributed by atoms with van der Waals surface area (Å²) in [5.41, 5.74) is 3.47. The second-order valence-corrected chi connectivity index (χ2v) is 9.18. The zero-order valence-corrected chi connectivity index (χ0v) is 17.9. The molecule has 1 atom stereocenters. The second kappa shape index (κ2) is 7.66. The molecule has 3 aromatic rings.